The van der Waals surface area contributed by atoms with Crippen molar-refractivity contribution in [3.05, 3.63) is 126 Å². The van der Waals surface area contributed by atoms with E-state index in [1.807, 2.05) is 23.2 Å². The Balaban J connectivity index is 1.11. The van der Waals surface area contributed by atoms with Crippen LogP contribution in [0, 0.1) is 0 Å². The minimum absolute atomic E-state index is 0.271. The number of rotatable bonds is 10. The second-order valence-corrected chi connectivity index (χ2v) is 10.6. The number of hydrogen-bond donors (Lipinski definition) is 1. The molecule has 1 aliphatic rings. The van der Waals surface area contributed by atoms with Crippen LogP contribution in [0.3, 0.4) is 0 Å². The van der Waals surface area contributed by atoms with Gasteiger partial charge in [0.2, 0.25) is 0 Å². The van der Waals surface area contributed by atoms with E-state index in [1.54, 1.807) is 18.3 Å². The van der Waals surface area contributed by atoms with Crippen LogP contribution >= 0.6 is 0 Å². The first-order valence-electron chi connectivity index (χ1n) is 14.0. The number of benzene rings is 3. The van der Waals surface area contributed by atoms with Gasteiger partial charge in [-0.3, -0.25) is 4.90 Å². The highest BCUT2D eigenvalue weighted by molar-refractivity contribution is 5.94. The van der Waals surface area contributed by atoms with Crippen molar-refractivity contribution in [2.24, 2.45) is 0 Å². The quantitative estimate of drug-likeness (QED) is 0.261. The van der Waals surface area contributed by atoms with Crippen LogP contribution in [-0.4, -0.2) is 67.7 Å². The summed E-state index contributed by atoms with van der Waals surface area (Å²) in [4.78, 5) is 21.0. The normalized spacial score (nSPS) is 14.7. The fraction of sp³-hybridized carbons (Fsp3) is 0.273. The molecule has 1 N–H and O–H groups in total. The number of imidazole rings is 1. The molecule has 3 aromatic carbocycles. The Morgan fingerprint density at radius 3 is 2.20 bits per heavy atom. The van der Waals surface area contributed by atoms with Gasteiger partial charge in [0.25, 0.3) is 0 Å². The molecule has 0 unspecified atom stereocenters. The molecule has 0 spiro atoms. The van der Waals surface area contributed by atoms with Gasteiger partial charge in [-0.2, -0.15) is 0 Å². The summed E-state index contributed by atoms with van der Waals surface area (Å²) >= 11 is 0. The summed E-state index contributed by atoms with van der Waals surface area (Å²) in [6.45, 7) is 6.71. The topological polar surface area (TPSA) is 66.5 Å². The van der Waals surface area contributed by atoms with Crippen molar-refractivity contribution in [2.45, 2.75) is 25.6 Å². The van der Waals surface area contributed by atoms with Crippen LogP contribution in [0.1, 0.15) is 39.5 Å². The summed E-state index contributed by atoms with van der Waals surface area (Å²) in [6.07, 6.45) is 8.73. The molecule has 1 fully saturated rings. The average molecular weight is 534 g/mol. The third-order valence-electron chi connectivity index (χ3n) is 8.00. The molecule has 7 heteroatoms. The number of aryl methyl sites for hydroxylation is 1. The fourth-order valence-corrected chi connectivity index (χ4v) is 5.98. The van der Waals surface area contributed by atoms with Crippen molar-refractivity contribution in [3.8, 4) is 0 Å². The van der Waals surface area contributed by atoms with Gasteiger partial charge >= 0.3 is 5.97 Å². The van der Waals surface area contributed by atoms with E-state index in [1.165, 1.54) is 16.7 Å². The first kappa shape index (κ1) is 26.0. The summed E-state index contributed by atoms with van der Waals surface area (Å²) in [5, 5.41) is 10.7. The van der Waals surface area contributed by atoms with E-state index in [0.717, 1.165) is 56.6 Å². The second-order valence-electron chi connectivity index (χ2n) is 10.6. The van der Waals surface area contributed by atoms with Gasteiger partial charge in [-0.1, -0.05) is 66.7 Å². The SMILES string of the molecule is O=C(O)c1ccc2c(Cn3ccnc3)cn(CCCN3CCN(C(c4ccccc4)c4ccccc4)CC3)c2c1. The summed E-state index contributed by atoms with van der Waals surface area (Å²) < 4.78 is 4.27. The third-order valence-corrected chi connectivity index (χ3v) is 8.00. The van der Waals surface area contributed by atoms with Crippen molar-refractivity contribution in [2.75, 3.05) is 32.7 Å². The Morgan fingerprint density at radius 2 is 1.57 bits per heavy atom. The minimum Gasteiger partial charge on any atom is -0.478 e. The zero-order valence-corrected chi connectivity index (χ0v) is 22.6. The molecule has 6 rings (SSSR count). The Kier molecular flexibility index (Phi) is 7.75. The lowest BCUT2D eigenvalue weighted by Crippen LogP contribution is -2.48. The molecule has 0 bridgehead atoms. The molecule has 3 heterocycles. The summed E-state index contributed by atoms with van der Waals surface area (Å²) in [5.41, 5.74) is 5.16. The minimum atomic E-state index is -0.895. The van der Waals surface area contributed by atoms with Crippen LogP contribution in [0.15, 0.2) is 104 Å². The lowest BCUT2D eigenvalue weighted by molar-refractivity contribution is 0.0697. The largest absolute Gasteiger partial charge is 0.478 e. The number of nitrogens with zero attached hydrogens (tertiary/aromatic N) is 5. The zero-order valence-electron chi connectivity index (χ0n) is 22.6. The first-order chi connectivity index (χ1) is 19.7. The lowest BCUT2D eigenvalue weighted by Gasteiger charge is -2.40. The van der Waals surface area contributed by atoms with Gasteiger partial charge in [0, 0.05) is 62.2 Å². The van der Waals surface area contributed by atoms with Gasteiger partial charge in [-0.15, -0.1) is 0 Å². The Labute approximate surface area is 234 Å². The number of aromatic carboxylic acids is 1. The summed E-state index contributed by atoms with van der Waals surface area (Å²) in [7, 11) is 0. The van der Waals surface area contributed by atoms with E-state index in [0.29, 0.717) is 12.1 Å². The molecule has 0 saturated carbocycles. The van der Waals surface area contributed by atoms with Crippen LogP contribution in [0.25, 0.3) is 10.9 Å². The van der Waals surface area contributed by atoms with Gasteiger partial charge in [0.05, 0.1) is 24.5 Å². The van der Waals surface area contributed by atoms with Crippen LogP contribution in [0.4, 0.5) is 0 Å². The van der Waals surface area contributed by atoms with Crippen molar-refractivity contribution in [1.29, 1.82) is 0 Å². The predicted octanol–water partition coefficient (Wildman–Crippen LogP) is 5.38. The van der Waals surface area contributed by atoms with E-state index in [4.69, 9.17) is 0 Å². The average Bonchev–Trinajstić information content (AvgIpc) is 3.63. The molecule has 1 aliphatic heterocycles. The van der Waals surface area contributed by atoms with Crippen LogP contribution < -0.4 is 0 Å². The first-order valence-corrected chi connectivity index (χ1v) is 14.0. The fourth-order valence-electron chi connectivity index (χ4n) is 5.98. The van der Waals surface area contributed by atoms with Crippen molar-refractivity contribution >= 4 is 16.9 Å². The maximum atomic E-state index is 11.7. The van der Waals surface area contributed by atoms with E-state index in [2.05, 4.69) is 86.2 Å². The smallest absolute Gasteiger partial charge is 0.335 e. The van der Waals surface area contributed by atoms with Crippen molar-refractivity contribution in [1.82, 2.24) is 23.9 Å². The number of fused-ring (bicyclic) bond motifs is 1. The maximum absolute atomic E-state index is 11.7. The summed E-state index contributed by atoms with van der Waals surface area (Å²) in [6, 6.07) is 27.4. The molecule has 7 nitrogen and oxygen atoms in total. The molecule has 204 valence electrons. The van der Waals surface area contributed by atoms with Crippen LogP contribution in [0.2, 0.25) is 0 Å². The Hall–Kier alpha value is -4.20. The molecule has 0 amide bonds. The molecular weight excluding hydrogens is 498 g/mol. The second kappa shape index (κ2) is 11.9. The van der Waals surface area contributed by atoms with Gasteiger partial charge in [0.15, 0.2) is 0 Å². The van der Waals surface area contributed by atoms with Crippen LogP contribution in [0.5, 0.6) is 0 Å². The van der Waals surface area contributed by atoms with E-state index < -0.39 is 5.97 Å². The molecule has 0 atom stereocenters. The number of carbonyl (C=O) groups is 1. The Morgan fingerprint density at radius 1 is 0.875 bits per heavy atom. The standard InChI is InChI=1S/C33H35N5O2/c39-33(40)28-12-13-30-29(23-36-17-14-34-25-36)24-38(31(30)22-28)16-7-15-35-18-20-37(21-19-35)32(26-8-3-1-4-9-26)27-10-5-2-6-11-27/h1-6,8-14,17,22,24-25,32H,7,15-16,18-21,23H2,(H,39,40). The van der Waals surface area contributed by atoms with Gasteiger partial charge < -0.3 is 19.1 Å². The Bertz CT molecular complexity index is 1500. The molecule has 40 heavy (non-hydrogen) atoms. The number of aromatic nitrogens is 3. The van der Waals surface area contributed by atoms with E-state index in [9.17, 15) is 9.90 Å². The molecular formula is C33H35N5O2. The van der Waals surface area contributed by atoms with Gasteiger partial charge in [0.1, 0.15) is 0 Å². The van der Waals surface area contributed by atoms with Gasteiger partial charge in [-0.05, 0) is 41.8 Å². The molecule has 0 radical (unpaired) electrons. The molecule has 5 aromatic rings. The molecule has 0 aliphatic carbocycles. The van der Waals surface area contributed by atoms with E-state index >= 15 is 0 Å². The highest BCUT2D eigenvalue weighted by Crippen LogP contribution is 2.30. The summed E-state index contributed by atoms with van der Waals surface area (Å²) in [5.74, 6) is -0.895. The molecule has 2 aromatic heterocycles. The zero-order chi connectivity index (χ0) is 27.3. The number of piperazine rings is 1. The van der Waals surface area contributed by atoms with Crippen molar-refractivity contribution in [3.63, 3.8) is 0 Å². The van der Waals surface area contributed by atoms with Crippen molar-refractivity contribution < 1.29 is 9.90 Å². The van der Waals surface area contributed by atoms with E-state index in [-0.39, 0.29) is 6.04 Å². The number of carboxylic acid groups (broad SMARTS) is 1. The van der Waals surface area contributed by atoms with Crippen LogP contribution in [-0.2, 0) is 13.1 Å². The third kappa shape index (κ3) is 5.71. The number of hydrogen-bond acceptors (Lipinski definition) is 4. The maximum Gasteiger partial charge on any atom is 0.335 e. The lowest BCUT2D eigenvalue weighted by atomic mass is 9.96. The number of carboxylic acids is 1. The highest BCUT2D eigenvalue weighted by atomic mass is 16.4. The van der Waals surface area contributed by atoms with Gasteiger partial charge in [-0.25, -0.2) is 9.78 Å². The monoisotopic (exact) mass is 533 g/mol. The molecule has 1 saturated heterocycles. The highest BCUT2D eigenvalue weighted by Gasteiger charge is 2.26. The predicted molar refractivity (Wildman–Crippen MR) is 158 cm³/mol.